The number of carbonyl (C=O) groups excluding carboxylic acids is 2. The largest absolute Gasteiger partial charge is 0.485 e. The molecular weight excluding hydrogens is 446 g/mol. The maximum absolute atomic E-state index is 12.6. The molecule has 0 saturated carbocycles. The number of methoxy groups -OCH3 is 1. The Bertz CT molecular complexity index is 1340. The zero-order valence-electron chi connectivity index (χ0n) is 19.3. The van der Waals surface area contributed by atoms with Crippen molar-refractivity contribution in [3.8, 4) is 5.75 Å². The van der Waals surface area contributed by atoms with E-state index in [0.717, 1.165) is 16.9 Å². The third-order valence-electron chi connectivity index (χ3n) is 5.24. The Morgan fingerprint density at radius 3 is 2.66 bits per heavy atom. The Balaban J connectivity index is 1.36. The summed E-state index contributed by atoms with van der Waals surface area (Å²) in [6.07, 6.45) is 5.72. The number of aromatic nitrogens is 2. The molecule has 4 rings (SSSR count). The number of allylic oxidation sites excluding steroid dienone is 1. The molecule has 2 heterocycles. The molecular formula is C27H25N3O5. The quantitative estimate of drug-likeness (QED) is 0.262. The minimum atomic E-state index is -0.414. The van der Waals surface area contributed by atoms with Gasteiger partial charge in [-0.1, -0.05) is 42.5 Å². The van der Waals surface area contributed by atoms with Crippen molar-refractivity contribution in [3.05, 3.63) is 114 Å². The number of benzene rings is 2. The van der Waals surface area contributed by atoms with E-state index in [1.165, 1.54) is 13.3 Å². The predicted molar refractivity (Wildman–Crippen MR) is 130 cm³/mol. The van der Waals surface area contributed by atoms with Crippen LogP contribution in [0.2, 0.25) is 0 Å². The van der Waals surface area contributed by atoms with Crippen LogP contribution in [0, 0.1) is 0 Å². The van der Waals surface area contributed by atoms with Crippen molar-refractivity contribution in [1.29, 1.82) is 0 Å². The van der Waals surface area contributed by atoms with Crippen LogP contribution in [0.25, 0.3) is 0 Å². The number of ether oxygens (including phenoxy) is 2. The van der Waals surface area contributed by atoms with Crippen molar-refractivity contribution in [2.45, 2.75) is 19.6 Å². The first-order valence-corrected chi connectivity index (χ1v) is 11.0. The summed E-state index contributed by atoms with van der Waals surface area (Å²) < 4.78 is 18.0. The number of rotatable bonds is 10. The molecule has 4 aromatic rings. The van der Waals surface area contributed by atoms with Gasteiger partial charge in [-0.3, -0.25) is 9.48 Å². The van der Waals surface area contributed by atoms with Gasteiger partial charge in [-0.25, -0.2) is 4.79 Å². The Morgan fingerprint density at radius 2 is 1.86 bits per heavy atom. The van der Waals surface area contributed by atoms with Crippen molar-refractivity contribution in [2.24, 2.45) is 0 Å². The molecule has 1 amide bonds. The van der Waals surface area contributed by atoms with Crippen molar-refractivity contribution in [3.63, 3.8) is 0 Å². The van der Waals surface area contributed by atoms with E-state index in [2.05, 4.69) is 17.0 Å². The first-order valence-electron chi connectivity index (χ1n) is 11.0. The molecule has 0 aliphatic rings. The van der Waals surface area contributed by atoms with Crippen molar-refractivity contribution >= 4 is 17.6 Å². The van der Waals surface area contributed by atoms with Gasteiger partial charge in [0, 0.05) is 6.20 Å². The van der Waals surface area contributed by atoms with Gasteiger partial charge >= 0.3 is 5.97 Å². The topological polar surface area (TPSA) is 95.6 Å². The number of nitrogens with zero attached hydrogens (tertiary/aromatic N) is 2. The number of furan rings is 1. The molecule has 35 heavy (non-hydrogen) atoms. The molecule has 0 unspecified atom stereocenters. The number of nitrogens with one attached hydrogen (secondary N) is 1. The normalized spacial score (nSPS) is 10.5. The fourth-order valence-electron chi connectivity index (χ4n) is 3.54. The molecule has 0 saturated heterocycles. The summed E-state index contributed by atoms with van der Waals surface area (Å²) in [5.74, 6) is 0.613. The number of amides is 1. The van der Waals surface area contributed by atoms with E-state index in [0.29, 0.717) is 30.0 Å². The van der Waals surface area contributed by atoms with E-state index in [4.69, 9.17) is 13.9 Å². The number of carbonyl (C=O) groups is 2. The lowest BCUT2D eigenvalue weighted by molar-refractivity contribution is 0.0599. The van der Waals surface area contributed by atoms with E-state index in [1.807, 2.05) is 42.5 Å². The highest BCUT2D eigenvalue weighted by Gasteiger charge is 2.15. The molecule has 8 nitrogen and oxygen atoms in total. The molecule has 178 valence electrons. The molecule has 0 fully saturated rings. The summed E-state index contributed by atoms with van der Waals surface area (Å²) in [4.78, 5) is 24.6. The second kappa shape index (κ2) is 11.0. The monoisotopic (exact) mass is 471 g/mol. The molecule has 0 aliphatic heterocycles. The maximum atomic E-state index is 12.6. The molecule has 2 aromatic heterocycles. The molecule has 0 radical (unpaired) electrons. The fraction of sp³-hybridized carbons (Fsp3) is 0.148. The van der Waals surface area contributed by atoms with Gasteiger partial charge in [-0.2, -0.15) is 5.10 Å². The smallest absolute Gasteiger partial charge is 0.338 e. The molecule has 0 atom stereocenters. The van der Waals surface area contributed by atoms with E-state index in [1.54, 1.807) is 35.1 Å². The number of hydrogen-bond acceptors (Lipinski definition) is 6. The third kappa shape index (κ3) is 5.86. The van der Waals surface area contributed by atoms with Crippen LogP contribution in [0.4, 0.5) is 5.69 Å². The summed E-state index contributed by atoms with van der Waals surface area (Å²) in [5.41, 5.74) is 2.75. The molecule has 2 aromatic carbocycles. The Kier molecular flexibility index (Phi) is 7.42. The van der Waals surface area contributed by atoms with E-state index in [9.17, 15) is 9.59 Å². The van der Waals surface area contributed by atoms with Crippen LogP contribution >= 0.6 is 0 Å². The van der Waals surface area contributed by atoms with Gasteiger partial charge in [0.15, 0.2) is 5.76 Å². The Labute approximate surface area is 202 Å². The zero-order chi connectivity index (χ0) is 24.6. The van der Waals surface area contributed by atoms with Gasteiger partial charge in [0.25, 0.3) is 5.91 Å². The number of anilines is 1. The van der Waals surface area contributed by atoms with Crippen molar-refractivity contribution in [1.82, 2.24) is 9.78 Å². The van der Waals surface area contributed by atoms with Crippen LogP contribution in [0.15, 0.2) is 90.1 Å². The standard InChI is InChI=1S/C27H25N3O5/c1-3-8-19-9-5-7-12-24(19)34-18-22-13-14-25(35-22)26(31)29-21-15-28-30(17-21)16-20-10-4-6-11-23(20)27(32)33-2/h3-7,9-15,17H,1,8,16,18H2,2H3,(H,29,31). The summed E-state index contributed by atoms with van der Waals surface area (Å²) in [5, 5.41) is 7.03. The van der Waals surface area contributed by atoms with Crippen LogP contribution in [0.3, 0.4) is 0 Å². The molecule has 0 spiro atoms. The van der Waals surface area contributed by atoms with E-state index >= 15 is 0 Å². The van der Waals surface area contributed by atoms with Crippen LogP contribution < -0.4 is 10.1 Å². The third-order valence-corrected chi connectivity index (χ3v) is 5.24. The number of para-hydroxylation sites is 1. The second-order valence-electron chi connectivity index (χ2n) is 7.68. The highest BCUT2D eigenvalue weighted by atomic mass is 16.5. The fourth-order valence-corrected chi connectivity index (χ4v) is 3.54. The van der Waals surface area contributed by atoms with Gasteiger partial charge in [-0.15, -0.1) is 6.58 Å². The van der Waals surface area contributed by atoms with Crippen LogP contribution in [0.5, 0.6) is 5.75 Å². The maximum Gasteiger partial charge on any atom is 0.338 e. The SMILES string of the molecule is C=CCc1ccccc1OCc1ccc(C(=O)Nc2cnn(Cc3ccccc3C(=O)OC)c2)o1. The van der Waals surface area contributed by atoms with Crippen LogP contribution in [-0.2, 0) is 24.3 Å². The number of esters is 1. The molecule has 8 heteroatoms. The Hall–Kier alpha value is -4.59. The zero-order valence-corrected chi connectivity index (χ0v) is 19.3. The first-order chi connectivity index (χ1) is 17.1. The summed E-state index contributed by atoms with van der Waals surface area (Å²) in [7, 11) is 1.34. The van der Waals surface area contributed by atoms with Gasteiger partial charge in [0.05, 0.1) is 31.1 Å². The average Bonchev–Trinajstić information content (AvgIpc) is 3.53. The predicted octanol–water partition coefficient (Wildman–Crippen LogP) is 4.87. The van der Waals surface area contributed by atoms with Gasteiger partial charge in [0.1, 0.15) is 18.1 Å². The number of hydrogen-bond donors (Lipinski definition) is 1. The van der Waals surface area contributed by atoms with Gasteiger partial charge in [0.2, 0.25) is 0 Å². The molecule has 1 N–H and O–H groups in total. The van der Waals surface area contributed by atoms with Crippen LogP contribution in [-0.4, -0.2) is 28.8 Å². The van der Waals surface area contributed by atoms with Crippen molar-refractivity contribution < 1.29 is 23.5 Å². The Morgan fingerprint density at radius 1 is 1.09 bits per heavy atom. The molecule has 0 bridgehead atoms. The minimum absolute atomic E-state index is 0.159. The van der Waals surface area contributed by atoms with Gasteiger partial charge in [-0.05, 0) is 41.8 Å². The van der Waals surface area contributed by atoms with E-state index < -0.39 is 11.9 Å². The highest BCUT2D eigenvalue weighted by Crippen LogP contribution is 2.21. The minimum Gasteiger partial charge on any atom is -0.485 e. The molecule has 0 aliphatic carbocycles. The summed E-state index contributed by atoms with van der Waals surface area (Å²) in [6.45, 7) is 4.30. The highest BCUT2D eigenvalue weighted by molar-refractivity contribution is 6.02. The first kappa shape index (κ1) is 23.6. The lowest BCUT2D eigenvalue weighted by Gasteiger charge is -2.08. The average molecular weight is 472 g/mol. The second-order valence-corrected chi connectivity index (χ2v) is 7.68. The lowest BCUT2D eigenvalue weighted by atomic mass is 10.1. The summed E-state index contributed by atoms with van der Waals surface area (Å²) in [6, 6.07) is 18.1. The van der Waals surface area contributed by atoms with E-state index in [-0.39, 0.29) is 12.4 Å². The van der Waals surface area contributed by atoms with Crippen LogP contribution in [0.1, 0.15) is 37.8 Å². The lowest BCUT2D eigenvalue weighted by Crippen LogP contribution is -2.11. The summed E-state index contributed by atoms with van der Waals surface area (Å²) >= 11 is 0. The van der Waals surface area contributed by atoms with Crippen molar-refractivity contribution in [2.75, 3.05) is 12.4 Å². The van der Waals surface area contributed by atoms with Gasteiger partial charge < -0.3 is 19.2 Å².